The van der Waals surface area contributed by atoms with E-state index in [1.165, 1.54) is 7.11 Å². The molecule has 0 N–H and O–H groups in total. The number of carbonyl (C=O) groups excluding carboxylic acids is 1. The van der Waals surface area contributed by atoms with Gasteiger partial charge in [-0.3, -0.25) is 4.79 Å². The van der Waals surface area contributed by atoms with E-state index in [2.05, 4.69) is 0 Å². The van der Waals surface area contributed by atoms with Crippen molar-refractivity contribution >= 4 is 11.7 Å². The molecule has 5 nitrogen and oxygen atoms in total. The first kappa shape index (κ1) is 14.3. The highest BCUT2D eigenvalue weighted by molar-refractivity contribution is 5.77. The summed E-state index contributed by atoms with van der Waals surface area (Å²) in [4.78, 5) is 13.6. The summed E-state index contributed by atoms with van der Waals surface area (Å²) < 4.78 is 16.1. The van der Waals surface area contributed by atoms with E-state index in [-0.39, 0.29) is 12.5 Å². The molecule has 0 unspecified atom stereocenters. The van der Waals surface area contributed by atoms with Gasteiger partial charge in [0.25, 0.3) is 0 Å². The van der Waals surface area contributed by atoms with Crippen molar-refractivity contribution < 1.29 is 19.0 Å². The van der Waals surface area contributed by atoms with Gasteiger partial charge in [-0.2, -0.15) is 0 Å². The van der Waals surface area contributed by atoms with Crippen molar-refractivity contribution in [1.82, 2.24) is 0 Å². The molecule has 0 fully saturated rings. The Morgan fingerprint density at radius 2 is 2.00 bits per heavy atom. The van der Waals surface area contributed by atoms with Gasteiger partial charge in [0.05, 0.1) is 19.9 Å². The summed E-state index contributed by atoms with van der Waals surface area (Å²) in [7, 11) is 3.01. The van der Waals surface area contributed by atoms with Crippen LogP contribution < -0.4 is 14.4 Å². The Kier molecular flexibility index (Phi) is 3.87. The van der Waals surface area contributed by atoms with Crippen LogP contribution in [-0.2, 0) is 16.1 Å². The van der Waals surface area contributed by atoms with E-state index in [9.17, 15) is 4.79 Å². The third kappa shape index (κ3) is 2.70. The smallest absolute Gasteiger partial charge is 0.325 e. The first-order valence-electron chi connectivity index (χ1n) is 6.97. The molecule has 2 aromatic rings. The summed E-state index contributed by atoms with van der Waals surface area (Å²) in [6.45, 7) is 0.730. The number of hydrogen-bond donors (Lipinski definition) is 0. The van der Waals surface area contributed by atoms with Gasteiger partial charge in [-0.05, 0) is 24.3 Å². The molecule has 0 radical (unpaired) electrons. The van der Waals surface area contributed by atoms with Crippen LogP contribution in [-0.4, -0.2) is 26.7 Å². The summed E-state index contributed by atoms with van der Waals surface area (Å²) in [6, 6.07) is 13.3. The van der Waals surface area contributed by atoms with E-state index < -0.39 is 0 Å². The minimum absolute atomic E-state index is 0.169. The Morgan fingerprint density at radius 1 is 1.18 bits per heavy atom. The number of hydrogen-bond acceptors (Lipinski definition) is 5. The van der Waals surface area contributed by atoms with Crippen molar-refractivity contribution in [3.8, 4) is 17.2 Å². The van der Waals surface area contributed by atoms with Crippen molar-refractivity contribution in [2.45, 2.75) is 6.54 Å². The van der Waals surface area contributed by atoms with Gasteiger partial charge in [0.2, 0.25) is 0 Å². The van der Waals surface area contributed by atoms with E-state index in [0.717, 1.165) is 22.7 Å². The maximum Gasteiger partial charge on any atom is 0.325 e. The molecule has 2 aromatic carbocycles. The topological polar surface area (TPSA) is 48.0 Å². The summed E-state index contributed by atoms with van der Waals surface area (Å²) in [5.41, 5.74) is 1.85. The number of nitrogens with zero attached hydrogens (tertiary/aromatic N) is 1. The average molecular weight is 299 g/mol. The average Bonchev–Trinajstić information content (AvgIpc) is 2.70. The third-order valence-electron chi connectivity index (χ3n) is 3.61. The van der Waals surface area contributed by atoms with E-state index in [1.54, 1.807) is 7.11 Å². The number of para-hydroxylation sites is 2. The van der Waals surface area contributed by atoms with Crippen molar-refractivity contribution in [1.29, 1.82) is 0 Å². The highest BCUT2D eigenvalue weighted by Crippen LogP contribution is 2.39. The van der Waals surface area contributed by atoms with Crippen LogP contribution in [0, 0.1) is 0 Å². The maximum atomic E-state index is 11.7. The number of methoxy groups -OCH3 is 2. The van der Waals surface area contributed by atoms with E-state index in [0.29, 0.717) is 12.3 Å². The number of carbonyl (C=O) groups is 1. The molecule has 1 aliphatic heterocycles. The van der Waals surface area contributed by atoms with Gasteiger partial charge < -0.3 is 19.1 Å². The first-order chi connectivity index (χ1) is 10.7. The third-order valence-corrected chi connectivity index (χ3v) is 3.61. The molecular formula is C17H17NO4. The second-order valence-electron chi connectivity index (χ2n) is 4.98. The van der Waals surface area contributed by atoms with Gasteiger partial charge in [-0.15, -0.1) is 0 Å². The van der Waals surface area contributed by atoms with Gasteiger partial charge >= 0.3 is 5.97 Å². The zero-order valence-electron chi connectivity index (χ0n) is 12.5. The molecule has 0 amide bonds. The number of anilines is 1. The molecule has 1 aliphatic rings. The zero-order chi connectivity index (χ0) is 15.5. The molecule has 0 spiro atoms. The Morgan fingerprint density at radius 3 is 2.77 bits per heavy atom. The van der Waals surface area contributed by atoms with E-state index >= 15 is 0 Å². The fourth-order valence-corrected chi connectivity index (χ4v) is 2.46. The lowest BCUT2D eigenvalue weighted by molar-refractivity contribution is -0.138. The SMILES string of the molecule is COC(=O)CN1Cc2ccc(OC)cc2Oc2ccccc21. The minimum Gasteiger partial charge on any atom is -0.497 e. The largest absolute Gasteiger partial charge is 0.497 e. The lowest BCUT2D eigenvalue weighted by Gasteiger charge is -2.22. The molecule has 3 rings (SSSR count). The van der Waals surface area contributed by atoms with E-state index in [1.807, 2.05) is 47.4 Å². The van der Waals surface area contributed by atoms with Crippen LogP contribution in [0.4, 0.5) is 5.69 Å². The second-order valence-corrected chi connectivity index (χ2v) is 4.98. The normalized spacial score (nSPS) is 12.5. The van der Waals surface area contributed by atoms with Gasteiger partial charge in [-0.1, -0.05) is 12.1 Å². The predicted molar refractivity (Wildman–Crippen MR) is 82.6 cm³/mol. The molecule has 0 aromatic heterocycles. The summed E-state index contributed by atoms with van der Waals surface area (Å²) in [5, 5.41) is 0. The Balaban J connectivity index is 2.03. The van der Waals surface area contributed by atoms with Crippen LogP contribution in [0.2, 0.25) is 0 Å². The lowest BCUT2D eigenvalue weighted by atomic mass is 10.1. The fourth-order valence-electron chi connectivity index (χ4n) is 2.46. The van der Waals surface area contributed by atoms with Crippen LogP contribution in [0.3, 0.4) is 0 Å². The number of benzene rings is 2. The van der Waals surface area contributed by atoms with Crippen molar-refractivity contribution in [2.75, 3.05) is 25.7 Å². The number of esters is 1. The molecule has 1 heterocycles. The summed E-state index contributed by atoms with van der Waals surface area (Å²) in [6.07, 6.45) is 0. The molecule has 0 atom stereocenters. The van der Waals surface area contributed by atoms with Crippen molar-refractivity contribution in [3.05, 3.63) is 48.0 Å². The first-order valence-corrected chi connectivity index (χ1v) is 6.97. The highest BCUT2D eigenvalue weighted by atomic mass is 16.5. The van der Waals surface area contributed by atoms with Crippen LogP contribution >= 0.6 is 0 Å². The molecule has 0 saturated heterocycles. The van der Waals surface area contributed by atoms with Crippen LogP contribution in [0.25, 0.3) is 0 Å². The van der Waals surface area contributed by atoms with Crippen molar-refractivity contribution in [3.63, 3.8) is 0 Å². The molecule has 22 heavy (non-hydrogen) atoms. The molecule has 0 aliphatic carbocycles. The van der Waals surface area contributed by atoms with E-state index in [4.69, 9.17) is 14.2 Å². The molecule has 0 bridgehead atoms. The van der Waals surface area contributed by atoms with Crippen molar-refractivity contribution in [2.24, 2.45) is 0 Å². The van der Waals surface area contributed by atoms with Gasteiger partial charge in [-0.25, -0.2) is 0 Å². The van der Waals surface area contributed by atoms with Crippen LogP contribution in [0.15, 0.2) is 42.5 Å². The molecular weight excluding hydrogens is 282 g/mol. The van der Waals surface area contributed by atoms with Crippen LogP contribution in [0.1, 0.15) is 5.56 Å². The second kappa shape index (κ2) is 5.97. The number of ether oxygens (including phenoxy) is 3. The number of rotatable bonds is 3. The summed E-state index contributed by atoms with van der Waals surface area (Å²) >= 11 is 0. The Labute approximate surface area is 129 Å². The predicted octanol–water partition coefficient (Wildman–Crippen LogP) is 2.98. The minimum atomic E-state index is -0.285. The Hall–Kier alpha value is -2.69. The number of fused-ring (bicyclic) bond motifs is 2. The molecule has 0 saturated carbocycles. The maximum absolute atomic E-state index is 11.7. The molecule has 114 valence electrons. The zero-order valence-corrected chi connectivity index (χ0v) is 12.5. The highest BCUT2D eigenvalue weighted by Gasteiger charge is 2.22. The Bertz CT molecular complexity index is 699. The monoisotopic (exact) mass is 299 g/mol. The quantitative estimate of drug-likeness (QED) is 0.815. The lowest BCUT2D eigenvalue weighted by Crippen LogP contribution is -2.29. The van der Waals surface area contributed by atoms with Gasteiger partial charge in [0.15, 0.2) is 5.75 Å². The summed E-state index contributed by atoms with van der Waals surface area (Å²) in [5.74, 6) is 1.89. The van der Waals surface area contributed by atoms with Gasteiger partial charge in [0.1, 0.15) is 18.0 Å². The standard InChI is InChI=1S/C17H17NO4/c1-20-13-8-7-12-10-18(11-17(19)21-2)14-5-3-4-6-15(14)22-16(12)9-13/h3-9H,10-11H2,1-2H3. The molecule has 5 heteroatoms. The fraction of sp³-hybridized carbons (Fsp3) is 0.235. The van der Waals surface area contributed by atoms with Crippen LogP contribution in [0.5, 0.6) is 17.2 Å². The van der Waals surface area contributed by atoms with Gasteiger partial charge in [0, 0.05) is 18.2 Å².